The first-order valence-electron chi connectivity index (χ1n) is 12.5. The van der Waals surface area contributed by atoms with Crippen molar-refractivity contribution in [2.24, 2.45) is 10.1 Å². The van der Waals surface area contributed by atoms with Crippen molar-refractivity contribution in [1.29, 1.82) is 0 Å². The highest BCUT2D eigenvalue weighted by atomic mass is 32.1. The molecule has 1 amide bonds. The number of aliphatic imine (C=N–C) groups is 1. The third-order valence-corrected chi connectivity index (χ3v) is 7.68. The summed E-state index contributed by atoms with van der Waals surface area (Å²) in [7, 11) is 1.52. The maximum Gasteiger partial charge on any atom is 0.282 e. The Morgan fingerprint density at radius 2 is 1.71 bits per heavy atom. The molecular weight excluding hydrogens is 492 g/mol. The number of hydrazone groups is 1. The highest BCUT2D eigenvalue weighted by molar-refractivity contribution is 7.16. The second-order valence-corrected chi connectivity index (χ2v) is 10.2. The molecule has 0 bridgehead atoms. The van der Waals surface area contributed by atoms with Crippen LogP contribution in [0.4, 0.5) is 17.1 Å². The van der Waals surface area contributed by atoms with E-state index in [1.165, 1.54) is 41.0 Å². The molecular formula is C31H26N4O2S. The van der Waals surface area contributed by atoms with Crippen molar-refractivity contribution in [3.05, 3.63) is 107 Å². The van der Waals surface area contributed by atoms with E-state index in [0.717, 1.165) is 29.1 Å². The smallest absolute Gasteiger partial charge is 0.282 e. The predicted octanol–water partition coefficient (Wildman–Crippen LogP) is 6.92. The molecule has 0 radical (unpaired) electrons. The quantitative estimate of drug-likeness (QED) is 0.164. The average molecular weight is 519 g/mol. The SMILES string of the molecule is COC=NC1=NN(c2ccccc2)C(=O)C1=Cc1ccc(-c2ccc3c(c2)CCCN3c2ccccc2)s1. The Bertz CT molecular complexity index is 1560. The summed E-state index contributed by atoms with van der Waals surface area (Å²) < 4.78 is 4.99. The highest BCUT2D eigenvalue weighted by Crippen LogP contribution is 2.38. The van der Waals surface area contributed by atoms with Gasteiger partial charge in [0.2, 0.25) is 0 Å². The number of amidine groups is 1. The number of nitrogens with zero attached hydrogens (tertiary/aromatic N) is 4. The van der Waals surface area contributed by atoms with Gasteiger partial charge >= 0.3 is 0 Å². The van der Waals surface area contributed by atoms with Gasteiger partial charge in [0, 0.05) is 27.7 Å². The van der Waals surface area contributed by atoms with Gasteiger partial charge in [-0.1, -0.05) is 42.5 Å². The van der Waals surface area contributed by atoms with Crippen LogP contribution in [0, 0.1) is 0 Å². The predicted molar refractivity (Wildman–Crippen MR) is 156 cm³/mol. The summed E-state index contributed by atoms with van der Waals surface area (Å²) in [6.45, 7) is 1.02. The Kier molecular flexibility index (Phi) is 6.58. The van der Waals surface area contributed by atoms with E-state index >= 15 is 0 Å². The molecule has 0 atom stereocenters. The fraction of sp³-hybridized carbons (Fsp3) is 0.129. The van der Waals surface area contributed by atoms with Gasteiger partial charge in [-0.15, -0.1) is 16.4 Å². The third kappa shape index (κ3) is 4.64. The second kappa shape index (κ2) is 10.5. The van der Waals surface area contributed by atoms with Crippen molar-refractivity contribution >= 4 is 52.6 Å². The van der Waals surface area contributed by atoms with Gasteiger partial charge in [-0.05, 0) is 78.6 Å². The molecule has 0 spiro atoms. The van der Waals surface area contributed by atoms with Gasteiger partial charge in [-0.3, -0.25) is 4.79 Å². The minimum Gasteiger partial charge on any atom is -0.486 e. The number of aryl methyl sites for hydroxylation is 1. The molecule has 7 heteroatoms. The first-order chi connectivity index (χ1) is 18.7. The first kappa shape index (κ1) is 23.9. The molecule has 0 aliphatic carbocycles. The lowest BCUT2D eigenvalue weighted by Crippen LogP contribution is -2.24. The van der Waals surface area contributed by atoms with Crippen LogP contribution < -0.4 is 9.91 Å². The van der Waals surface area contributed by atoms with Crippen LogP contribution in [0.5, 0.6) is 0 Å². The van der Waals surface area contributed by atoms with Crippen molar-refractivity contribution in [1.82, 2.24) is 0 Å². The number of rotatable bonds is 5. The van der Waals surface area contributed by atoms with Crippen LogP contribution in [-0.4, -0.2) is 31.8 Å². The van der Waals surface area contributed by atoms with Crippen LogP contribution in [0.2, 0.25) is 0 Å². The molecule has 38 heavy (non-hydrogen) atoms. The van der Waals surface area contributed by atoms with E-state index in [2.05, 4.69) is 69.6 Å². The van der Waals surface area contributed by atoms with Crippen LogP contribution in [0.3, 0.4) is 0 Å². The van der Waals surface area contributed by atoms with Crippen molar-refractivity contribution in [2.45, 2.75) is 12.8 Å². The zero-order valence-electron chi connectivity index (χ0n) is 20.9. The largest absolute Gasteiger partial charge is 0.486 e. The lowest BCUT2D eigenvalue weighted by atomic mass is 9.98. The molecule has 4 aromatic rings. The standard InChI is InChI=1S/C31H26N4O2S/c1-37-21-32-30-27(31(36)35(33-30)25-12-6-3-7-13-25)20-26-15-17-29(38-26)23-14-16-28-22(19-23)9-8-18-34(28)24-10-4-2-5-11-24/h2-7,10-17,19-21H,8-9,18H2,1H3. The maximum atomic E-state index is 13.3. The molecule has 6 rings (SSSR count). The molecule has 188 valence electrons. The topological polar surface area (TPSA) is 57.5 Å². The number of amides is 1. The second-order valence-electron chi connectivity index (χ2n) is 9.04. The summed E-state index contributed by atoms with van der Waals surface area (Å²) >= 11 is 1.65. The number of hydrogen-bond donors (Lipinski definition) is 0. The van der Waals surface area contributed by atoms with E-state index in [1.54, 1.807) is 11.3 Å². The summed E-state index contributed by atoms with van der Waals surface area (Å²) in [5.74, 6) is 0.106. The fourth-order valence-corrected chi connectivity index (χ4v) is 5.77. The Labute approximate surface area is 225 Å². The molecule has 0 fully saturated rings. The summed E-state index contributed by atoms with van der Waals surface area (Å²) in [6.07, 6.45) is 5.34. The van der Waals surface area contributed by atoms with Gasteiger partial charge in [0.05, 0.1) is 18.4 Å². The summed E-state index contributed by atoms with van der Waals surface area (Å²) in [5.41, 5.74) is 6.17. The first-order valence-corrected chi connectivity index (χ1v) is 13.3. The van der Waals surface area contributed by atoms with Crippen LogP contribution in [0.1, 0.15) is 16.9 Å². The number of carbonyl (C=O) groups is 1. The summed E-state index contributed by atoms with van der Waals surface area (Å²) in [4.78, 5) is 22.1. The van der Waals surface area contributed by atoms with Gasteiger partial charge in [0.1, 0.15) is 0 Å². The van der Waals surface area contributed by atoms with Gasteiger partial charge < -0.3 is 9.64 Å². The molecule has 0 N–H and O–H groups in total. The highest BCUT2D eigenvalue weighted by Gasteiger charge is 2.31. The van der Waals surface area contributed by atoms with Crippen LogP contribution in [0.15, 0.2) is 107 Å². The monoisotopic (exact) mass is 518 g/mol. The normalized spacial score (nSPS) is 16.3. The van der Waals surface area contributed by atoms with E-state index in [-0.39, 0.29) is 5.91 Å². The Hall–Kier alpha value is -4.49. The number of anilines is 3. The van der Waals surface area contributed by atoms with Crippen molar-refractivity contribution in [3.63, 3.8) is 0 Å². The van der Waals surface area contributed by atoms with E-state index < -0.39 is 0 Å². The zero-order valence-corrected chi connectivity index (χ0v) is 21.8. The molecule has 3 heterocycles. The molecule has 6 nitrogen and oxygen atoms in total. The number of hydrogen-bond acceptors (Lipinski definition) is 6. The van der Waals surface area contributed by atoms with E-state index in [9.17, 15) is 4.79 Å². The van der Waals surface area contributed by atoms with Crippen LogP contribution >= 0.6 is 11.3 Å². The fourth-order valence-electron chi connectivity index (χ4n) is 4.83. The van der Waals surface area contributed by atoms with Crippen molar-refractivity contribution in [2.75, 3.05) is 23.6 Å². The maximum absolute atomic E-state index is 13.3. The van der Waals surface area contributed by atoms with E-state index in [1.807, 2.05) is 42.5 Å². The Morgan fingerprint density at radius 3 is 2.47 bits per heavy atom. The number of benzene rings is 3. The third-order valence-electron chi connectivity index (χ3n) is 6.60. The Balaban J connectivity index is 1.29. The Morgan fingerprint density at radius 1 is 0.947 bits per heavy atom. The average Bonchev–Trinajstić information content (AvgIpc) is 3.57. The molecule has 0 saturated heterocycles. The lowest BCUT2D eigenvalue weighted by molar-refractivity contribution is -0.114. The molecule has 3 aromatic carbocycles. The van der Waals surface area contributed by atoms with Crippen molar-refractivity contribution < 1.29 is 9.53 Å². The van der Waals surface area contributed by atoms with Gasteiger partial charge in [0.15, 0.2) is 12.2 Å². The van der Waals surface area contributed by atoms with Gasteiger partial charge in [-0.2, -0.15) is 10.0 Å². The molecule has 0 saturated carbocycles. The van der Waals surface area contributed by atoms with E-state index in [0.29, 0.717) is 17.1 Å². The number of ether oxygens (including phenoxy) is 1. The van der Waals surface area contributed by atoms with Gasteiger partial charge in [0.25, 0.3) is 5.91 Å². The number of carbonyl (C=O) groups excluding carboxylic acids is 1. The number of para-hydroxylation sites is 2. The molecule has 1 aromatic heterocycles. The lowest BCUT2D eigenvalue weighted by Gasteiger charge is -2.31. The number of fused-ring (bicyclic) bond motifs is 1. The summed E-state index contributed by atoms with van der Waals surface area (Å²) in [6, 6.07) is 30.8. The van der Waals surface area contributed by atoms with Gasteiger partial charge in [-0.25, -0.2) is 0 Å². The van der Waals surface area contributed by atoms with Crippen LogP contribution in [-0.2, 0) is 16.0 Å². The van der Waals surface area contributed by atoms with Crippen molar-refractivity contribution in [3.8, 4) is 10.4 Å². The molecule has 2 aliphatic rings. The van der Waals surface area contributed by atoms with E-state index in [4.69, 9.17) is 4.74 Å². The summed E-state index contributed by atoms with van der Waals surface area (Å²) in [5, 5.41) is 5.83. The minimum atomic E-state index is -0.218. The number of methoxy groups -OCH3 is 1. The minimum absolute atomic E-state index is 0.218. The zero-order chi connectivity index (χ0) is 25.9. The number of thiophene rings is 1. The molecule has 2 aliphatic heterocycles. The molecule has 0 unspecified atom stereocenters. The van der Waals surface area contributed by atoms with Crippen LogP contribution in [0.25, 0.3) is 16.5 Å².